The molecule has 0 N–H and O–H groups in total. The molecule has 1 heterocycles. The molecule has 0 aromatic rings. The summed E-state index contributed by atoms with van der Waals surface area (Å²) in [6.45, 7) is 0.631. The van der Waals surface area contributed by atoms with Crippen molar-refractivity contribution in [1.82, 2.24) is 5.06 Å². The largest absolute Gasteiger partial charge is 0.415 e. The summed E-state index contributed by atoms with van der Waals surface area (Å²) >= 11 is 0. The molecular formula is C7H7F6NO2. The van der Waals surface area contributed by atoms with E-state index in [1.54, 1.807) is 0 Å². The van der Waals surface area contributed by atoms with E-state index in [2.05, 4.69) is 4.84 Å². The van der Waals surface area contributed by atoms with Crippen LogP contribution in [0.1, 0.15) is 6.92 Å². The summed E-state index contributed by atoms with van der Waals surface area (Å²) < 4.78 is 75.2. The van der Waals surface area contributed by atoms with Crippen LogP contribution in [0.5, 0.6) is 0 Å². The van der Waals surface area contributed by atoms with Crippen LogP contribution >= 0.6 is 0 Å². The van der Waals surface area contributed by atoms with Crippen molar-refractivity contribution in [2.24, 2.45) is 5.41 Å². The first-order chi connectivity index (χ1) is 6.96. The van der Waals surface area contributed by atoms with E-state index in [1.165, 1.54) is 0 Å². The Bertz CT molecular complexity index is 295. The molecule has 0 aliphatic carbocycles. The summed E-state index contributed by atoms with van der Waals surface area (Å²) in [4.78, 5) is 14.8. The maximum absolute atomic E-state index is 12.5. The third kappa shape index (κ3) is 1.37. The van der Waals surface area contributed by atoms with Crippen LogP contribution in [0.15, 0.2) is 0 Å². The topological polar surface area (TPSA) is 29.5 Å². The summed E-state index contributed by atoms with van der Waals surface area (Å²) in [5.41, 5.74) is -4.48. The van der Waals surface area contributed by atoms with Crippen molar-refractivity contribution in [3.63, 3.8) is 0 Å². The van der Waals surface area contributed by atoms with Gasteiger partial charge in [0.2, 0.25) is 0 Å². The first-order valence-electron chi connectivity index (χ1n) is 4.05. The van der Waals surface area contributed by atoms with Crippen molar-refractivity contribution >= 4 is 5.97 Å². The zero-order valence-corrected chi connectivity index (χ0v) is 8.11. The van der Waals surface area contributed by atoms with E-state index >= 15 is 0 Å². The van der Waals surface area contributed by atoms with Crippen LogP contribution in [0.4, 0.5) is 26.3 Å². The normalized spacial score (nSPS) is 27.0. The molecule has 1 atom stereocenters. The van der Waals surface area contributed by atoms with Crippen molar-refractivity contribution in [2.75, 3.05) is 7.05 Å². The number of nitrogens with zero attached hydrogens (tertiary/aromatic N) is 1. The average Bonchev–Trinajstić information content (AvgIpc) is 2.19. The Morgan fingerprint density at radius 1 is 1.19 bits per heavy atom. The Morgan fingerprint density at radius 3 is 1.69 bits per heavy atom. The number of carbonyl (C=O) groups is 1. The molecule has 16 heavy (non-hydrogen) atoms. The molecule has 1 fully saturated rings. The first kappa shape index (κ1) is 13.1. The van der Waals surface area contributed by atoms with Crippen molar-refractivity contribution in [2.45, 2.75) is 25.3 Å². The monoisotopic (exact) mass is 251 g/mol. The van der Waals surface area contributed by atoms with Crippen LogP contribution in [0.3, 0.4) is 0 Å². The first-order valence-corrected chi connectivity index (χ1v) is 4.05. The zero-order valence-electron chi connectivity index (χ0n) is 8.11. The Labute approximate surface area is 85.9 Å². The van der Waals surface area contributed by atoms with Crippen molar-refractivity contribution in [1.29, 1.82) is 0 Å². The fourth-order valence-corrected chi connectivity index (χ4v) is 1.59. The van der Waals surface area contributed by atoms with E-state index in [-0.39, 0.29) is 5.06 Å². The minimum absolute atomic E-state index is 0.253. The highest BCUT2D eigenvalue weighted by atomic mass is 19.4. The van der Waals surface area contributed by atoms with Crippen LogP contribution in [-0.4, -0.2) is 36.5 Å². The predicted molar refractivity (Wildman–Crippen MR) is 37.9 cm³/mol. The van der Waals surface area contributed by atoms with Gasteiger partial charge in [0.1, 0.15) is 0 Å². The van der Waals surface area contributed by atoms with Gasteiger partial charge in [-0.2, -0.15) is 26.3 Å². The lowest BCUT2D eigenvalue weighted by molar-refractivity contribution is -0.329. The lowest BCUT2D eigenvalue weighted by Gasteiger charge is -2.33. The Morgan fingerprint density at radius 2 is 1.56 bits per heavy atom. The van der Waals surface area contributed by atoms with Gasteiger partial charge in [-0.25, -0.2) is 4.79 Å². The zero-order chi connectivity index (χ0) is 12.9. The van der Waals surface area contributed by atoms with Crippen LogP contribution in [-0.2, 0) is 9.63 Å². The highest BCUT2D eigenvalue weighted by molar-refractivity contribution is 5.81. The number of hydrogen-bond donors (Lipinski definition) is 0. The fourth-order valence-electron chi connectivity index (χ4n) is 1.59. The number of carbonyl (C=O) groups excluding carboxylic acids is 1. The highest BCUT2D eigenvalue weighted by Crippen LogP contribution is 2.57. The van der Waals surface area contributed by atoms with Crippen LogP contribution in [0.25, 0.3) is 0 Å². The molecule has 3 nitrogen and oxygen atoms in total. The van der Waals surface area contributed by atoms with Crippen LogP contribution in [0, 0.1) is 5.41 Å². The summed E-state index contributed by atoms with van der Waals surface area (Å²) in [5, 5.41) is 0.253. The molecule has 9 heteroatoms. The number of hydroxylamine groups is 2. The van der Waals surface area contributed by atoms with Crippen molar-refractivity contribution in [3.05, 3.63) is 0 Å². The van der Waals surface area contributed by atoms with Gasteiger partial charge in [0, 0.05) is 7.05 Å². The summed E-state index contributed by atoms with van der Waals surface area (Å²) in [7, 11) is 0.835. The molecule has 0 saturated carbocycles. The van der Waals surface area contributed by atoms with Gasteiger partial charge < -0.3 is 4.84 Å². The number of hydrogen-bond acceptors (Lipinski definition) is 3. The molecule has 1 rings (SSSR count). The molecule has 1 unspecified atom stereocenters. The minimum atomic E-state index is -5.76. The van der Waals surface area contributed by atoms with Crippen molar-refractivity contribution < 1.29 is 36.0 Å². The van der Waals surface area contributed by atoms with Crippen LogP contribution in [0.2, 0.25) is 0 Å². The van der Waals surface area contributed by atoms with Gasteiger partial charge in [0.05, 0.1) is 6.04 Å². The Kier molecular flexibility index (Phi) is 2.66. The second-order valence-electron chi connectivity index (χ2n) is 3.40. The van der Waals surface area contributed by atoms with Gasteiger partial charge in [0.25, 0.3) is 5.41 Å². The quantitative estimate of drug-likeness (QED) is 0.616. The molecule has 1 saturated heterocycles. The standard InChI is InChI=1S/C7H7F6NO2/c1-3-5(6(8,9)10,7(11,12)13)4(15)16-14(3)2/h3H,1-2H3. The van der Waals surface area contributed by atoms with E-state index in [0.29, 0.717) is 6.92 Å². The van der Waals surface area contributed by atoms with Gasteiger partial charge in [-0.05, 0) is 6.92 Å². The Balaban J connectivity index is 3.43. The van der Waals surface area contributed by atoms with E-state index < -0.39 is 29.8 Å². The van der Waals surface area contributed by atoms with Gasteiger partial charge in [-0.1, -0.05) is 0 Å². The maximum Gasteiger partial charge on any atom is 0.415 e. The molecule has 94 valence electrons. The molecule has 0 spiro atoms. The summed E-state index contributed by atoms with van der Waals surface area (Å²) in [6, 6.07) is -2.17. The third-order valence-electron chi connectivity index (χ3n) is 2.62. The minimum Gasteiger partial charge on any atom is -0.367 e. The number of alkyl halides is 6. The summed E-state index contributed by atoms with van der Waals surface area (Å²) in [5.74, 6) is -2.34. The molecule has 0 bridgehead atoms. The third-order valence-corrected chi connectivity index (χ3v) is 2.62. The van der Waals surface area contributed by atoms with Gasteiger partial charge in [-0.3, -0.25) is 0 Å². The maximum atomic E-state index is 12.5. The summed E-state index contributed by atoms with van der Waals surface area (Å²) in [6.07, 6.45) is -11.5. The molecule has 1 aliphatic heterocycles. The number of rotatable bonds is 0. The smallest absolute Gasteiger partial charge is 0.367 e. The molecular weight excluding hydrogens is 244 g/mol. The molecule has 1 aliphatic rings. The van der Waals surface area contributed by atoms with E-state index in [1.807, 2.05) is 0 Å². The lowest BCUT2D eigenvalue weighted by atomic mass is 9.80. The average molecular weight is 251 g/mol. The highest BCUT2D eigenvalue weighted by Gasteiger charge is 2.82. The van der Waals surface area contributed by atoms with Crippen molar-refractivity contribution in [3.8, 4) is 0 Å². The van der Waals surface area contributed by atoms with E-state index in [4.69, 9.17) is 0 Å². The number of halogens is 6. The van der Waals surface area contributed by atoms with Crippen LogP contribution < -0.4 is 0 Å². The van der Waals surface area contributed by atoms with Gasteiger partial charge in [-0.15, -0.1) is 5.06 Å². The lowest BCUT2D eigenvalue weighted by Crippen LogP contribution is -2.59. The second-order valence-corrected chi connectivity index (χ2v) is 3.40. The molecule has 0 aromatic heterocycles. The van der Waals surface area contributed by atoms with Gasteiger partial charge in [0.15, 0.2) is 0 Å². The van der Waals surface area contributed by atoms with E-state index in [0.717, 1.165) is 7.05 Å². The predicted octanol–water partition coefficient (Wildman–Crippen LogP) is 1.89. The Hall–Kier alpha value is -0.990. The fraction of sp³-hybridized carbons (Fsp3) is 0.857. The molecule has 0 aromatic carbocycles. The molecule has 0 radical (unpaired) electrons. The SMILES string of the molecule is CC1N(C)OC(=O)C1(C(F)(F)F)C(F)(F)F. The van der Waals surface area contributed by atoms with E-state index in [9.17, 15) is 31.1 Å². The van der Waals surface area contributed by atoms with Gasteiger partial charge >= 0.3 is 18.3 Å². The second kappa shape index (κ2) is 3.25. The molecule has 0 amide bonds.